The highest BCUT2D eigenvalue weighted by molar-refractivity contribution is 5.67. The maximum atomic E-state index is 13.2. The van der Waals surface area contributed by atoms with Crippen molar-refractivity contribution in [3.8, 4) is 28.4 Å². The summed E-state index contributed by atoms with van der Waals surface area (Å²) in [7, 11) is 0. The quantitative estimate of drug-likeness (QED) is 0.470. The third-order valence-corrected chi connectivity index (χ3v) is 6.14. The van der Waals surface area contributed by atoms with Gasteiger partial charge in [0.1, 0.15) is 17.1 Å². The fourth-order valence-electron chi connectivity index (χ4n) is 4.31. The average molecular weight is 452 g/mol. The van der Waals surface area contributed by atoms with E-state index in [4.69, 9.17) is 4.74 Å². The van der Waals surface area contributed by atoms with Crippen LogP contribution in [0.2, 0.25) is 0 Å². The van der Waals surface area contributed by atoms with Crippen molar-refractivity contribution in [3.63, 3.8) is 0 Å². The number of hydrogen-bond acceptors (Lipinski definition) is 5. The van der Waals surface area contributed by atoms with Crippen molar-refractivity contribution in [1.29, 1.82) is 0 Å². The molecule has 0 unspecified atom stereocenters. The number of hydrogen-bond donors (Lipinski definition) is 1. The minimum absolute atomic E-state index is 0.213. The molecule has 10 heteroatoms. The number of benzene rings is 1. The molecule has 0 radical (unpaired) electrons. The Hall–Kier alpha value is -3.69. The van der Waals surface area contributed by atoms with Crippen molar-refractivity contribution in [3.05, 3.63) is 65.9 Å². The number of aromatic nitrogens is 6. The lowest BCUT2D eigenvalue weighted by atomic mass is 9.97. The zero-order valence-corrected chi connectivity index (χ0v) is 17.4. The Balaban J connectivity index is 1.24. The van der Waals surface area contributed by atoms with Gasteiger partial charge in [0, 0.05) is 36.0 Å². The molecule has 1 atom stereocenters. The second kappa shape index (κ2) is 7.43. The van der Waals surface area contributed by atoms with Crippen LogP contribution in [-0.4, -0.2) is 36.6 Å². The first-order chi connectivity index (χ1) is 16.0. The molecule has 7 nitrogen and oxygen atoms in total. The van der Waals surface area contributed by atoms with Crippen molar-refractivity contribution in [2.24, 2.45) is 0 Å². The van der Waals surface area contributed by atoms with Gasteiger partial charge in [-0.2, -0.15) is 28.6 Å². The summed E-state index contributed by atoms with van der Waals surface area (Å²) < 4.78 is 47.4. The lowest BCUT2D eigenvalue weighted by molar-refractivity contribution is -0.140. The van der Waals surface area contributed by atoms with Gasteiger partial charge >= 0.3 is 6.18 Å². The molecule has 33 heavy (non-hydrogen) atoms. The molecule has 0 amide bonds. The highest BCUT2D eigenvalue weighted by Gasteiger charge is 2.38. The maximum Gasteiger partial charge on any atom is 0.437 e. The summed E-state index contributed by atoms with van der Waals surface area (Å²) in [6.07, 6.45) is 2.90. The van der Waals surface area contributed by atoms with Gasteiger partial charge in [-0.1, -0.05) is 12.1 Å². The normalized spacial score (nSPS) is 17.7. The van der Waals surface area contributed by atoms with Gasteiger partial charge in [0.2, 0.25) is 0 Å². The Morgan fingerprint density at radius 1 is 1.06 bits per heavy atom. The Morgan fingerprint density at radius 2 is 1.94 bits per heavy atom. The number of aromatic amines is 1. The van der Waals surface area contributed by atoms with Crippen molar-refractivity contribution in [1.82, 2.24) is 29.9 Å². The summed E-state index contributed by atoms with van der Waals surface area (Å²) in [5, 5.41) is 8.99. The molecule has 0 bridgehead atoms. The summed E-state index contributed by atoms with van der Waals surface area (Å²) >= 11 is 0. The zero-order chi connectivity index (χ0) is 22.6. The van der Waals surface area contributed by atoms with E-state index in [1.165, 1.54) is 42.3 Å². The van der Waals surface area contributed by atoms with Gasteiger partial charge in [0.25, 0.3) is 0 Å². The van der Waals surface area contributed by atoms with E-state index >= 15 is 0 Å². The predicted octanol–water partition coefficient (Wildman–Crippen LogP) is 4.80. The Labute approximate surface area is 186 Å². The number of H-pyrrole nitrogens is 1. The first-order valence-corrected chi connectivity index (χ1v) is 10.7. The highest BCUT2D eigenvalue weighted by Crippen LogP contribution is 2.44. The summed E-state index contributed by atoms with van der Waals surface area (Å²) in [5.74, 6) is 1.83. The fraction of sp³-hybridized carbons (Fsp3) is 0.304. The lowest BCUT2D eigenvalue weighted by Crippen LogP contribution is -2.09. The largest absolute Gasteiger partial charge is 0.493 e. The van der Waals surface area contributed by atoms with Crippen molar-refractivity contribution >= 4 is 0 Å². The minimum atomic E-state index is -4.60. The van der Waals surface area contributed by atoms with Gasteiger partial charge in [0.05, 0.1) is 18.6 Å². The van der Waals surface area contributed by atoms with E-state index in [2.05, 4.69) is 43.6 Å². The van der Waals surface area contributed by atoms with Crippen molar-refractivity contribution in [2.75, 3.05) is 6.61 Å². The predicted molar refractivity (Wildman–Crippen MR) is 112 cm³/mol. The second-order valence-corrected chi connectivity index (χ2v) is 8.48. The van der Waals surface area contributed by atoms with E-state index in [1.807, 2.05) is 10.8 Å². The van der Waals surface area contributed by atoms with Crippen molar-refractivity contribution in [2.45, 2.75) is 37.4 Å². The Morgan fingerprint density at radius 3 is 2.76 bits per heavy atom. The van der Waals surface area contributed by atoms with E-state index in [0.29, 0.717) is 30.5 Å². The van der Waals surface area contributed by atoms with Crippen LogP contribution in [0.4, 0.5) is 13.2 Å². The van der Waals surface area contributed by atoms with E-state index in [0.717, 1.165) is 5.75 Å². The number of fused-ring (bicyclic) bond motifs is 1. The molecular weight excluding hydrogens is 433 g/mol. The molecule has 1 saturated carbocycles. The molecule has 4 heterocycles. The Bertz CT molecular complexity index is 1320. The summed E-state index contributed by atoms with van der Waals surface area (Å²) in [6, 6.07) is 9.50. The number of nitrogens with one attached hydrogen (secondary N) is 1. The number of imidazole rings is 1. The number of nitrogens with zero attached hydrogens (tertiary/aromatic N) is 5. The molecule has 1 N–H and O–H groups in total. The smallest absolute Gasteiger partial charge is 0.437 e. The molecular formula is C23H19F3N6O. The maximum absolute atomic E-state index is 13.2. The molecule has 1 aromatic carbocycles. The highest BCUT2D eigenvalue weighted by atomic mass is 19.4. The van der Waals surface area contributed by atoms with Crippen LogP contribution in [0, 0.1) is 0 Å². The van der Waals surface area contributed by atoms with E-state index in [9.17, 15) is 13.2 Å². The number of alkyl halides is 3. The molecule has 3 aromatic heterocycles. The first kappa shape index (κ1) is 20.0. The van der Waals surface area contributed by atoms with Gasteiger partial charge in [-0.3, -0.25) is 4.98 Å². The SMILES string of the molecule is FC(F)(F)c1n[nH]nc1-c1ccnc(-c2cn(C[C@H]3COc4ccc(C5CC5)cc43)cn2)c1. The molecule has 2 aliphatic rings. The second-order valence-electron chi connectivity index (χ2n) is 8.48. The minimum Gasteiger partial charge on any atom is -0.493 e. The standard InChI is InChI=1S/C23H19F3N6O/c24-23(25,26)22-21(29-31-30-22)15-5-6-27-18(8-15)19-10-32(12-28-19)9-16-11-33-20-4-3-14(7-17(16)20)13-1-2-13/h3-8,10,12-13,16H,1-2,9,11H2,(H,29,30,31)/t16-/m0/s1. The molecule has 0 spiro atoms. The van der Waals surface area contributed by atoms with Crippen LogP contribution in [0.25, 0.3) is 22.6 Å². The first-order valence-electron chi connectivity index (χ1n) is 10.7. The van der Waals surface area contributed by atoms with E-state index in [1.54, 1.807) is 6.33 Å². The molecule has 4 aromatic rings. The monoisotopic (exact) mass is 452 g/mol. The fourth-order valence-corrected chi connectivity index (χ4v) is 4.31. The summed E-state index contributed by atoms with van der Waals surface area (Å²) in [4.78, 5) is 8.72. The number of rotatable bonds is 5. The van der Waals surface area contributed by atoms with Crippen LogP contribution in [0.5, 0.6) is 5.75 Å². The van der Waals surface area contributed by atoms with Crippen LogP contribution in [-0.2, 0) is 12.7 Å². The third kappa shape index (κ3) is 3.75. The molecule has 168 valence electrons. The third-order valence-electron chi connectivity index (χ3n) is 6.14. The van der Waals surface area contributed by atoms with Crippen LogP contribution in [0.1, 0.15) is 41.5 Å². The molecule has 1 aliphatic carbocycles. The van der Waals surface area contributed by atoms with Gasteiger partial charge in [-0.25, -0.2) is 4.98 Å². The number of pyridine rings is 1. The lowest BCUT2D eigenvalue weighted by Gasteiger charge is -2.10. The topological polar surface area (TPSA) is 81.5 Å². The molecule has 1 fully saturated rings. The molecule has 6 rings (SSSR count). The van der Waals surface area contributed by atoms with Gasteiger partial charge in [-0.15, -0.1) is 0 Å². The van der Waals surface area contributed by atoms with Crippen LogP contribution in [0.15, 0.2) is 49.1 Å². The van der Waals surface area contributed by atoms with Crippen molar-refractivity contribution < 1.29 is 17.9 Å². The molecule has 0 saturated heterocycles. The van der Waals surface area contributed by atoms with E-state index < -0.39 is 11.9 Å². The van der Waals surface area contributed by atoms with Crippen LogP contribution in [0.3, 0.4) is 0 Å². The van der Waals surface area contributed by atoms with Gasteiger partial charge in [0.15, 0.2) is 5.69 Å². The number of ether oxygens (including phenoxy) is 1. The van der Waals surface area contributed by atoms with Crippen LogP contribution < -0.4 is 4.74 Å². The Kier molecular flexibility index (Phi) is 4.49. The number of halogens is 3. The zero-order valence-electron chi connectivity index (χ0n) is 17.4. The average Bonchev–Trinajstić information content (AvgIpc) is 3.20. The van der Waals surface area contributed by atoms with Gasteiger partial charge in [-0.05, 0) is 42.5 Å². The summed E-state index contributed by atoms with van der Waals surface area (Å²) in [5.41, 5.74) is 2.57. The molecule has 1 aliphatic heterocycles. The van der Waals surface area contributed by atoms with E-state index in [-0.39, 0.29) is 17.2 Å². The van der Waals surface area contributed by atoms with Crippen LogP contribution >= 0.6 is 0 Å². The summed E-state index contributed by atoms with van der Waals surface area (Å²) in [6.45, 7) is 1.30. The van der Waals surface area contributed by atoms with Gasteiger partial charge < -0.3 is 9.30 Å².